The maximum absolute atomic E-state index is 10.4. The number of unbranched alkanes of at least 4 members (excludes halogenated alkanes) is 4. The van der Waals surface area contributed by atoms with Crippen LogP contribution in [0.15, 0.2) is 48.5 Å². The number of hydrogen-bond donors (Lipinski definition) is 2. The summed E-state index contributed by atoms with van der Waals surface area (Å²) < 4.78 is 5.77. The molecule has 2 rings (SSSR count). The minimum absolute atomic E-state index is 0. The minimum atomic E-state index is -0.713. The van der Waals surface area contributed by atoms with Crippen molar-refractivity contribution >= 4 is 28.6 Å². The summed E-state index contributed by atoms with van der Waals surface area (Å²) in [6.07, 6.45) is 5.89. The molecule has 0 heterocycles. The van der Waals surface area contributed by atoms with Crippen molar-refractivity contribution in [1.82, 2.24) is 0 Å². The average Bonchev–Trinajstić information content (AvgIpc) is 2.59. The van der Waals surface area contributed by atoms with E-state index in [1.807, 2.05) is 30.3 Å². The lowest BCUT2D eigenvalue weighted by Gasteiger charge is -2.11. The van der Waals surface area contributed by atoms with Gasteiger partial charge in [-0.1, -0.05) is 55.7 Å². The Bertz CT molecular complexity index is 662. The summed E-state index contributed by atoms with van der Waals surface area (Å²) in [6.45, 7) is 0.640. The van der Waals surface area contributed by atoms with Crippen LogP contribution in [-0.4, -0.2) is 17.7 Å². The molecule has 0 atom stereocenters. The molecule has 0 amide bonds. The van der Waals surface area contributed by atoms with Crippen LogP contribution in [0.2, 0.25) is 0 Å². The van der Waals surface area contributed by atoms with Gasteiger partial charge in [-0.25, -0.2) is 0 Å². The molecule has 0 spiro atoms. The molecule has 2 aromatic rings. The fourth-order valence-corrected chi connectivity index (χ4v) is 2.76. The Labute approximate surface area is 166 Å². The highest BCUT2D eigenvalue weighted by molar-refractivity contribution is 8.93. The van der Waals surface area contributed by atoms with E-state index in [2.05, 4.69) is 18.2 Å². The van der Waals surface area contributed by atoms with E-state index in [1.165, 1.54) is 11.1 Å². The first kappa shape index (κ1) is 22.0. The summed E-state index contributed by atoms with van der Waals surface area (Å²) in [5.41, 5.74) is 9.22. The van der Waals surface area contributed by atoms with Crippen molar-refractivity contribution in [2.24, 2.45) is 0 Å². The number of carboxylic acids is 1. The predicted octanol–water partition coefficient (Wildman–Crippen LogP) is 5.24. The van der Waals surface area contributed by atoms with Gasteiger partial charge in [0.25, 0.3) is 0 Å². The molecular formula is C21H28BrNO3. The molecule has 0 fully saturated rings. The molecular weight excluding hydrogens is 394 g/mol. The Morgan fingerprint density at radius 1 is 0.923 bits per heavy atom. The molecule has 0 radical (unpaired) electrons. The first-order valence-corrected chi connectivity index (χ1v) is 8.92. The molecule has 4 nitrogen and oxygen atoms in total. The number of nitrogens with two attached hydrogens (primary N) is 1. The summed E-state index contributed by atoms with van der Waals surface area (Å²) in [4.78, 5) is 10.4. The van der Waals surface area contributed by atoms with Crippen LogP contribution in [0, 0.1) is 0 Å². The second-order valence-electron chi connectivity index (χ2n) is 6.29. The van der Waals surface area contributed by atoms with Gasteiger partial charge in [-0.15, -0.1) is 17.0 Å². The van der Waals surface area contributed by atoms with Crippen LogP contribution in [0.25, 0.3) is 0 Å². The van der Waals surface area contributed by atoms with Crippen LogP contribution < -0.4 is 10.5 Å². The monoisotopic (exact) mass is 421 g/mol. The molecule has 0 unspecified atom stereocenters. The van der Waals surface area contributed by atoms with Crippen molar-refractivity contribution in [3.05, 3.63) is 59.7 Å². The molecule has 0 saturated heterocycles. The topological polar surface area (TPSA) is 72.5 Å². The molecule has 0 saturated carbocycles. The number of aliphatic carboxylic acids is 1. The zero-order chi connectivity index (χ0) is 17.9. The van der Waals surface area contributed by atoms with E-state index < -0.39 is 5.97 Å². The van der Waals surface area contributed by atoms with Gasteiger partial charge in [-0.3, -0.25) is 4.79 Å². The molecule has 0 aliphatic heterocycles. The molecule has 0 aliphatic rings. The van der Waals surface area contributed by atoms with Gasteiger partial charge in [0, 0.05) is 6.42 Å². The molecule has 142 valence electrons. The fourth-order valence-electron chi connectivity index (χ4n) is 2.76. The van der Waals surface area contributed by atoms with Crippen LogP contribution in [0.1, 0.15) is 49.7 Å². The van der Waals surface area contributed by atoms with Crippen molar-refractivity contribution in [2.45, 2.75) is 44.9 Å². The molecule has 0 aromatic heterocycles. The van der Waals surface area contributed by atoms with Crippen molar-refractivity contribution in [1.29, 1.82) is 0 Å². The van der Waals surface area contributed by atoms with E-state index in [9.17, 15) is 4.79 Å². The van der Waals surface area contributed by atoms with Crippen molar-refractivity contribution in [3.8, 4) is 5.75 Å². The van der Waals surface area contributed by atoms with Crippen molar-refractivity contribution in [2.75, 3.05) is 12.3 Å². The Balaban J connectivity index is 0.00000338. The number of rotatable bonds is 11. The lowest BCUT2D eigenvalue weighted by Crippen LogP contribution is -2.01. The largest absolute Gasteiger partial charge is 0.491 e. The van der Waals surface area contributed by atoms with Gasteiger partial charge in [0.05, 0.1) is 12.3 Å². The van der Waals surface area contributed by atoms with E-state index in [4.69, 9.17) is 15.6 Å². The maximum Gasteiger partial charge on any atom is 0.303 e. The minimum Gasteiger partial charge on any atom is -0.491 e. The van der Waals surface area contributed by atoms with Gasteiger partial charge in [-0.05, 0) is 42.5 Å². The Morgan fingerprint density at radius 3 is 2.31 bits per heavy atom. The van der Waals surface area contributed by atoms with Gasteiger partial charge >= 0.3 is 5.97 Å². The Kier molecular flexibility index (Phi) is 10.5. The third-order valence-corrected chi connectivity index (χ3v) is 4.12. The highest BCUT2D eigenvalue weighted by Crippen LogP contribution is 2.24. The van der Waals surface area contributed by atoms with E-state index in [-0.39, 0.29) is 23.4 Å². The SMILES string of the molecule is Br.Nc1cc(Cc2ccccc2)ccc1OCCCCCCCC(=O)O. The number of halogens is 1. The summed E-state index contributed by atoms with van der Waals surface area (Å²) in [6, 6.07) is 16.3. The van der Waals surface area contributed by atoms with Gasteiger partial charge < -0.3 is 15.6 Å². The van der Waals surface area contributed by atoms with Gasteiger partial charge in [0.2, 0.25) is 0 Å². The van der Waals surface area contributed by atoms with E-state index in [0.717, 1.165) is 44.3 Å². The van der Waals surface area contributed by atoms with Crippen LogP contribution >= 0.6 is 17.0 Å². The lowest BCUT2D eigenvalue weighted by atomic mass is 10.0. The van der Waals surface area contributed by atoms with Gasteiger partial charge in [-0.2, -0.15) is 0 Å². The predicted molar refractivity (Wildman–Crippen MR) is 111 cm³/mol. The number of benzene rings is 2. The highest BCUT2D eigenvalue weighted by atomic mass is 79.9. The Hall–Kier alpha value is -2.01. The molecule has 2 aromatic carbocycles. The average molecular weight is 422 g/mol. The zero-order valence-electron chi connectivity index (χ0n) is 15.0. The zero-order valence-corrected chi connectivity index (χ0v) is 16.7. The molecule has 3 N–H and O–H groups in total. The van der Waals surface area contributed by atoms with Gasteiger partial charge in [0.1, 0.15) is 5.75 Å². The van der Waals surface area contributed by atoms with Crippen LogP contribution in [-0.2, 0) is 11.2 Å². The molecule has 0 aliphatic carbocycles. The summed E-state index contributed by atoms with van der Waals surface area (Å²) in [7, 11) is 0. The van der Waals surface area contributed by atoms with E-state index in [0.29, 0.717) is 12.3 Å². The van der Waals surface area contributed by atoms with Crippen LogP contribution in [0.5, 0.6) is 5.75 Å². The number of ether oxygens (including phenoxy) is 1. The number of carbonyl (C=O) groups is 1. The normalized spacial score (nSPS) is 10.2. The summed E-state index contributed by atoms with van der Waals surface area (Å²) in [5, 5.41) is 8.58. The summed E-state index contributed by atoms with van der Waals surface area (Å²) in [5.74, 6) is 0.0252. The molecule has 5 heteroatoms. The quantitative estimate of drug-likeness (QED) is 0.384. The first-order valence-electron chi connectivity index (χ1n) is 8.92. The maximum atomic E-state index is 10.4. The van der Waals surface area contributed by atoms with E-state index >= 15 is 0 Å². The van der Waals surface area contributed by atoms with Gasteiger partial charge in [0.15, 0.2) is 0 Å². The van der Waals surface area contributed by atoms with Crippen LogP contribution in [0.3, 0.4) is 0 Å². The van der Waals surface area contributed by atoms with Crippen LogP contribution in [0.4, 0.5) is 5.69 Å². The highest BCUT2D eigenvalue weighted by Gasteiger charge is 2.03. The van der Waals surface area contributed by atoms with E-state index in [1.54, 1.807) is 0 Å². The summed E-state index contributed by atoms with van der Waals surface area (Å²) >= 11 is 0. The fraction of sp³-hybridized carbons (Fsp3) is 0.381. The smallest absolute Gasteiger partial charge is 0.303 e. The second-order valence-corrected chi connectivity index (χ2v) is 6.29. The number of anilines is 1. The number of nitrogen functional groups attached to an aromatic ring is 1. The van der Waals surface area contributed by atoms with Crippen molar-refractivity contribution < 1.29 is 14.6 Å². The second kappa shape index (κ2) is 12.4. The lowest BCUT2D eigenvalue weighted by molar-refractivity contribution is -0.137. The van der Waals surface area contributed by atoms with Crippen molar-refractivity contribution in [3.63, 3.8) is 0 Å². The Morgan fingerprint density at radius 2 is 1.62 bits per heavy atom. The number of carboxylic acid groups (broad SMARTS) is 1. The number of hydrogen-bond acceptors (Lipinski definition) is 3. The molecule has 0 bridgehead atoms. The molecule has 26 heavy (non-hydrogen) atoms. The third-order valence-electron chi connectivity index (χ3n) is 4.12. The standard InChI is InChI=1S/C21H27NO3.BrH/c22-19-16-18(15-17-9-5-4-6-10-17)12-13-20(19)25-14-8-3-1-2-7-11-21(23)24;/h4-6,9-10,12-13,16H,1-3,7-8,11,14-15,22H2,(H,23,24);1H. The first-order chi connectivity index (χ1) is 12.1. The third kappa shape index (κ3) is 8.39.